The van der Waals surface area contributed by atoms with E-state index in [1.54, 1.807) is 33.7 Å². The third-order valence-corrected chi connectivity index (χ3v) is 4.87. The van der Waals surface area contributed by atoms with Crippen molar-refractivity contribution in [1.82, 2.24) is 15.2 Å². The number of ether oxygens (including phenoxy) is 2. The fourth-order valence-electron chi connectivity index (χ4n) is 2.48. The molecule has 2 aromatic heterocycles. The molecule has 3 rings (SSSR count). The van der Waals surface area contributed by atoms with Crippen molar-refractivity contribution in [3.63, 3.8) is 0 Å². The van der Waals surface area contributed by atoms with Crippen molar-refractivity contribution in [2.75, 3.05) is 27.0 Å². The Hall–Kier alpha value is -3.20. The molecule has 2 heterocycles. The molecule has 0 aliphatic carbocycles. The van der Waals surface area contributed by atoms with Crippen LogP contribution in [0.25, 0.3) is 11.5 Å². The number of amidine groups is 1. The number of rotatable bonds is 7. The number of methoxy groups -OCH3 is 2. The van der Waals surface area contributed by atoms with Gasteiger partial charge in [0.25, 0.3) is 5.22 Å². The number of pyridine rings is 1. The first-order valence-electron chi connectivity index (χ1n) is 8.74. The van der Waals surface area contributed by atoms with E-state index >= 15 is 0 Å². The molecule has 9 heteroatoms. The molecular weight excluding hydrogens is 390 g/mol. The summed E-state index contributed by atoms with van der Waals surface area (Å²) in [5.74, 6) is 2.97. The molecular formula is C20H21N5O3S. The average Bonchev–Trinajstić information content (AvgIpc) is 3.25. The Bertz CT molecular complexity index is 1020. The summed E-state index contributed by atoms with van der Waals surface area (Å²) in [7, 11) is 4.92. The normalized spacial score (nSPS) is 12.1. The van der Waals surface area contributed by atoms with Gasteiger partial charge in [-0.25, -0.2) is 4.99 Å². The highest BCUT2D eigenvalue weighted by Crippen LogP contribution is 2.26. The number of hydrogen-bond donors (Lipinski definition) is 0. The van der Waals surface area contributed by atoms with Gasteiger partial charge < -0.3 is 13.9 Å². The van der Waals surface area contributed by atoms with Gasteiger partial charge in [-0.2, -0.15) is 0 Å². The topological polar surface area (TPSA) is 95.0 Å². The second kappa shape index (κ2) is 9.83. The molecule has 0 bridgehead atoms. The summed E-state index contributed by atoms with van der Waals surface area (Å²) >= 11 is 1.41. The molecule has 0 atom stereocenters. The quantitative estimate of drug-likeness (QED) is 0.332. The SMILES string of the molecule is C/N=C(\N=C(/C)CSc1nnc(-c2ccncc2)o1)c1cc(OC)ccc1OC. The van der Waals surface area contributed by atoms with E-state index in [9.17, 15) is 0 Å². The smallest absolute Gasteiger partial charge is 0.277 e. The van der Waals surface area contributed by atoms with E-state index in [-0.39, 0.29) is 0 Å². The van der Waals surface area contributed by atoms with Gasteiger partial charge in [-0.1, -0.05) is 11.8 Å². The van der Waals surface area contributed by atoms with Crippen LogP contribution in [0, 0.1) is 0 Å². The molecule has 0 radical (unpaired) electrons. The van der Waals surface area contributed by atoms with E-state index < -0.39 is 0 Å². The van der Waals surface area contributed by atoms with Gasteiger partial charge in [0.15, 0.2) is 5.84 Å². The predicted octanol–water partition coefficient (Wildman–Crippen LogP) is 3.78. The molecule has 0 amide bonds. The first kappa shape index (κ1) is 20.5. The van der Waals surface area contributed by atoms with E-state index in [2.05, 4.69) is 25.2 Å². The highest BCUT2D eigenvalue weighted by atomic mass is 32.2. The summed E-state index contributed by atoms with van der Waals surface area (Å²) in [6.45, 7) is 1.92. The Morgan fingerprint density at radius 3 is 2.59 bits per heavy atom. The zero-order chi connectivity index (χ0) is 20.6. The van der Waals surface area contributed by atoms with Crippen LogP contribution in [0.2, 0.25) is 0 Å². The van der Waals surface area contributed by atoms with Crippen molar-refractivity contribution in [1.29, 1.82) is 0 Å². The molecule has 0 fully saturated rings. The molecule has 0 N–H and O–H groups in total. The largest absolute Gasteiger partial charge is 0.497 e. The molecule has 0 aliphatic rings. The molecule has 8 nitrogen and oxygen atoms in total. The van der Waals surface area contributed by atoms with Crippen molar-refractivity contribution in [2.45, 2.75) is 12.1 Å². The second-order valence-corrected chi connectivity index (χ2v) is 6.78. The summed E-state index contributed by atoms with van der Waals surface area (Å²) < 4.78 is 16.4. The lowest BCUT2D eigenvalue weighted by atomic mass is 10.1. The predicted molar refractivity (Wildman–Crippen MR) is 113 cm³/mol. The van der Waals surface area contributed by atoms with Gasteiger partial charge in [0, 0.05) is 36.5 Å². The lowest BCUT2D eigenvalue weighted by molar-refractivity contribution is 0.402. The van der Waals surface area contributed by atoms with Gasteiger partial charge in [0.2, 0.25) is 5.89 Å². The van der Waals surface area contributed by atoms with Crippen molar-refractivity contribution < 1.29 is 13.9 Å². The second-order valence-electron chi connectivity index (χ2n) is 5.86. The minimum Gasteiger partial charge on any atom is -0.497 e. The zero-order valence-corrected chi connectivity index (χ0v) is 17.4. The number of benzene rings is 1. The third kappa shape index (κ3) is 5.20. The van der Waals surface area contributed by atoms with Gasteiger partial charge >= 0.3 is 0 Å². The van der Waals surface area contributed by atoms with E-state index in [4.69, 9.17) is 13.9 Å². The Kier molecular flexibility index (Phi) is 6.96. The van der Waals surface area contributed by atoms with Crippen LogP contribution in [-0.2, 0) is 0 Å². The summed E-state index contributed by atoms with van der Waals surface area (Å²) in [6.07, 6.45) is 3.36. The highest BCUT2D eigenvalue weighted by molar-refractivity contribution is 7.99. The maximum absolute atomic E-state index is 5.69. The average molecular weight is 411 g/mol. The molecule has 0 unspecified atom stereocenters. The van der Waals surface area contributed by atoms with Crippen LogP contribution >= 0.6 is 11.8 Å². The van der Waals surface area contributed by atoms with Crippen LogP contribution in [-0.4, -0.2) is 53.7 Å². The van der Waals surface area contributed by atoms with E-state index in [0.717, 1.165) is 16.8 Å². The minimum absolute atomic E-state index is 0.460. The Labute approximate surface area is 173 Å². The molecule has 3 aromatic rings. The van der Waals surface area contributed by atoms with Gasteiger partial charge in [-0.3, -0.25) is 9.98 Å². The lowest BCUT2D eigenvalue weighted by Crippen LogP contribution is -2.06. The monoisotopic (exact) mass is 411 g/mol. The fourth-order valence-corrected chi connectivity index (χ4v) is 3.11. The molecule has 150 valence electrons. The van der Waals surface area contributed by atoms with Crippen molar-refractivity contribution >= 4 is 23.3 Å². The maximum atomic E-state index is 5.69. The van der Waals surface area contributed by atoms with Crippen LogP contribution in [0.4, 0.5) is 0 Å². The maximum Gasteiger partial charge on any atom is 0.277 e. The Morgan fingerprint density at radius 2 is 1.90 bits per heavy atom. The zero-order valence-electron chi connectivity index (χ0n) is 16.6. The van der Waals surface area contributed by atoms with Crippen LogP contribution < -0.4 is 9.47 Å². The summed E-state index contributed by atoms with van der Waals surface area (Å²) in [5, 5.41) is 8.62. The first-order valence-corrected chi connectivity index (χ1v) is 9.73. The molecule has 0 aliphatic heterocycles. The van der Waals surface area contributed by atoms with Gasteiger partial charge in [0.1, 0.15) is 11.5 Å². The molecule has 1 aromatic carbocycles. The van der Waals surface area contributed by atoms with Crippen molar-refractivity contribution in [3.8, 4) is 23.0 Å². The van der Waals surface area contributed by atoms with Gasteiger partial charge in [0.05, 0.1) is 19.8 Å². The van der Waals surface area contributed by atoms with E-state index in [1.165, 1.54) is 11.8 Å². The summed E-state index contributed by atoms with van der Waals surface area (Å²) in [6, 6.07) is 9.15. The molecule has 0 saturated heterocycles. The Balaban J connectivity index is 1.72. The van der Waals surface area contributed by atoms with Crippen molar-refractivity contribution in [3.05, 3.63) is 48.3 Å². The highest BCUT2D eigenvalue weighted by Gasteiger charge is 2.13. The van der Waals surface area contributed by atoms with Gasteiger partial charge in [-0.05, 0) is 37.3 Å². The molecule has 0 spiro atoms. The number of aliphatic imine (C=N–C) groups is 2. The lowest BCUT2D eigenvalue weighted by Gasteiger charge is -2.10. The number of hydrogen-bond acceptors (Lipinski definition) is 8. The summed E-state index contributed by atoms with van der Waals surface area (Å²) in [5.41, 5.74) is 2.44. The minimum atomic E-state index is 0.460. The number of thioether (sulfide) groups is 1. The molecule has 0 saturated carbocycles. The molecule has 29 heavy (non-hydrogen) atoms. The van der Waals surface area contributed by atoms with Crippen LogP contribution in [0.5, 0.6) is 11.5 Å². The summed E-state index contributed by atoms with van der Waals surface area (Å²) in [4.78, 5) is 12.9. The number of nitrogens with zero attached hydrogens (tertiary/aromatic N) is 5. The first-order chi connectivity index (χ1) is 14.1. The standard InChI is InChI=1S/C20H21N5O3S/c1-13(12-29-20-25-24-19(28-20)14-7-9-22-10-8-14)23-18(21-2)16-11-15(26-3)5-6-17(16)27-4/h5-11H,12H2,1-4H3/b21-18-,23-13+. The van der Waals surface area contributed by atoms with E-state index in [0.29, 0.717) is 34.2 Å². The van der Waals surface area contributed by atoms with Crippen molar-refractivity contribution in [2.24, 2.45) is 9.98 Å². The number of aromatic nitrogens is 3. The van der Waals surface area contributed by atoms with Crippen LogP contribution in [0.15, 0.2) is 62.4 Å². The van der Waals surface area contributed by atoms with Crippen LogP contribution in [0.3, 0.4) is 0 Å². The third-order valence-electron chi connectivity index (χ3n) is 3.89. The fraction of sp³-hybridized carbons (Fsp3) is 0.250. The van der Waals surface area contributed by atoms with Crippen LogP contribution in [0.1, 0.15) is 12.5 Å². The van der Waals surface area contributed by atoms with Gasteiger partial charge in [-0.15, -0.1) is 10.2 Å². The van der Waals surface area contributed by atoms with E-state index in [1.807, 2.05) is 37.3 Å². The Morgan fingerprint density at radius 1 is 1.10 bits per heavy atom.